The highest BCUT2D eigenvalue weighted by Crippen LogP contribution is 2.37. The van der Waals surface area contributed by atoms with Crippen molar-refractivity contribution in [3.63, 3.8) is 0 Å². The van der Waals surface area contributed by atoms with Gasteiger partial charge in [-0.2, -0.15) is 0 Å². The molecule has 0 unspecified atom stereocenters. The van der Waals surface area contributed by atoms with Crippen molar-refractivity contribution in [2.45, 2.75) is 44.6 Å². The van der Waals surface area contributed by atoms with Gasteiger partial charge < -0.3 is 5.32 Å². The lowest BCUT2D eigenvalue weighted by molar-refractivity contribution is -0.127. The number of amides is 1. The van der Waals surface area contributed by atoms with Crippen LogP contribution in [0.2, 0.25) is 0 Å². The van der Waals surface area contributed by atoms with Crippen LogP contribution in [0.25, 0.3) is 0 Å². The summed E-state index contributed by atoms with van der Waals surface area (Å²) in [5.41, 5.74) is 0. The normalized spacial score (nSPS) is 24.8. The van der Waals surface area contributed by atoms with Crippen LogP contribution in [0.4, 0.5) is 0 Å². The molecule has 0 radical (unpaired) electrons. The van der Waals surface area contributed by atoms with Crippen molar-refractivity contribution in [3.8, 4) is 0 Å². The molecular weight excluding hydrogens is 344 g/mol. The topological polar surface area (TPSA) is 66.5 Å². The molecule has 2 fully saturated rings. The molecule has 24 heavy (non-hydrogen) atoms. The number of hydrogen-bond acceptors (Lipinski definition) is 4. The summed E-state index contributed by atoms with van der Waals surface area (Å²) in [5.74, 6) is 0.271. The van der Waals surface area contributed by atoms with Gasteiger partial charge in [0.15, 0.2) is 0 Å². The summed E-state index contributed by atoms with van der Waals surface area (Å²) in [4.78, 5) is 14.0. The Morgan fingerprint density at radius 1 is 1.29 bits per heavy atom. The molecule has 2 heterocycles. The summed E-state index contributed by atoms with van der Waals surface area (Å²) in [7, 11) is -3.22. The lowest BCUT2D eigenvalue weighted by atomic mass is 9.94. The van der Waals surface area contributed by atoms with Crippen molar-refractivity contribution >= 4 is 27.3 Å². The highest BCUT2D eigenvalue weighted by atomic mass is 32.2. The fraction of sp³-hybridized carbons (Fsp3) is 0.706. The van der Waals surface area contributed by atoms with E-state index in [4.69, 9.17) is 0 Å². The predicted molar refractivity (Wildman–Crippen MR) is 96.3 cm³/mol. The van der Waals surface area contributed by atoms with Crippen molar-refractivity contribution in [2.75, 3.05) is 19.3 Å². The van der Waals surface area contributed by atoms with Crippen LogP contribution in [0.1, 0.15) is 49.4 Å². The SMILES string of the molecule is CS(=O)(=O)N1CCC[C@H](C(=O)N[C@H](c2cccs2)C2CCCC2)C1. The second kappa shape index (κ2) is 7.54. The summed E-state index contributed by atoms with van der Waals surface area (Å²) in [5, 5.41) is 5.30. The third kappa shape index (κ3) is 4.18. The maximum Gasteiger partial charge on any atom is 0.224 e. The minimum atomic E-state index is -3.22. The maximum absolute atomic E-state index is 12.8. The number of sulfonamides is 1. The molecule has 3 rings (SSSR count). The molecule has 0 bridgehead atoms. The van der Waals surface area contributed by atoms with Crippen LogP contribution in [0.15, 0.2) is 17.5 Å². The minimum Gasteiger partial charge on any atom is -0.348 e. The molecule has 5 nitrogen and oxygen atoms in total. The summed E-state index contributed by atoms with van der Waals surface area (Å²) < 4.78 is 25.0. The third-order valence-electron chi connectivity index (χ3n) is 5.24. The number of nitrogens with zero attached hydrogens (tertiary/aromatic N) is 1. The van der Waals surface area contributed by atoms with Gasteiger partial charge in [-0.3, -0.25) is 4.79 Å². The average Bonchev–Trinajstić information content (AvgIpc) is 3.25. The molecule has 1 amide bonds. The Hall–Kier alpha value is -0.920. The molecule has 1 aliphatic carbocycles. The van der Waals surface area contributed by atoms with Gasteiger partial charge >= 0.3 is 0 Å². The molecule has 1 aromatic heterocycles. The Balaban J connectivity index is 1.69. The second-order valence-corrected chi connectivity index (χ2v) is 9.97. The molecule has 1 aliphatic heterocycles. The van der Waals surface area contributed by atoms with E-state index >= 15 is 0 Å². The number of carbonyl (C=O) groups is 1. The van der Waals surface area contributed by atoms with E-state index in [-0.39, 0.29) is 17.9 Å². The van der Waals surface area contributed by atoms with E-state index in [2.05, 4.69) is 16.8 Å². The molecule has 1 saturated heterocycles. The van der Waals surface area contributed by atoms with E-state index in [0.29, 0.717) is 19.0 Å². The lowest BCUT2D eigenvalue weighted by Crippen LogP contribution is -2.46. The summed E-state index contributed by atoms with van der Waals surface area (Å²) in [6.07, 6.45) is 7.51. The van der Waals surface area contributed by atoms with Crippen LogP contribution in [0, 0.1) is 11.8 Å². The first-order chi connectivity index (χ1) is 11.4. The zero-order valence-electron chi connectivity index (χ0n) is 14.1. The summed E-state index contributed by atoms with van der Waals surface area (Å²) in [6, 6.07) is 4.20. The Labute approximate surface area is 148 Å². The highest BCUT2D eigenvalue weighted by Gasteiger charge is 2.34. The van der Waals surface area contributed by atoms with Crippen molar-refractivity contribution in [2.24, 2.45) is 11.8 Å². The largest absolute Gasteiger partial charge is 0.348 e. The molecule has 2 aliphatic rings. The van der Waals surface area contributed by atoms with Crippen molar-refractivity contribution in [3.05, 3.63) is 22.4 Å². The number of thiophene rings is 1. The van der Waals surface area contributed by atoms with E-state index < -0.39 is 10.0 Å². The van der Waals surface area contributed by atoms with Crippen LogP contribution in [-0.4, -0.2) is 38.0 Å². The smallest absolute Gasteiger partial charge is 0.224 e. The van der Waals surface area contributed by atoms with Gasteiger partial charge in [0.05, 0.1) is 18.2 Å². The van der Waals surface area contributed by atoms with Gasteiger partial charge in [-0.05, 0) is 43.0 Å². The van der Waals surface area contributed by atoms with Gasteiger partial charge in [0.25, 0.3) is 0 Å². The van der Waals surface area contributed by atoms with Gasteiger partial charge in [0, 0.05) is 18.0 Å². The third-order valence-corrected chi connectivity index (χ3v) is 7.47. The molecule has 1 aromatic rings. The summed E-state index contributed by atoms with van der Waals surface area (Å²) in [6.45, 7) is 0.839. The first kappa shape index (κ1) is 17.9. The molecular formula is C17H26N2O3S2. The van der Waals surface area contributed by atoms with Gasteiger partial charge in [0.2, 0.25) is 15.9 Å². The number of rotatable bonds is 5. The highest BCUT2D eigenvalue weighted by molar-refractivity contribution is 7.88. The van der Waals surface area contributed by atoms with Crippen LogP contribution in [-0.2, 0) is 14.8 Å². The summed E-state index contributed by atoms with van der Waals surface area (Å²) >= 11 is 1.69. The van der Waals surface area contributed by atoms with Gasteiger partial charge in [0.1, 0.15) is 0 Å². The van der Waals surface area contributed by atoms with Crippen molar-refractivity contribution in [1.82, 2.24) is 9.62 Å². The fourth-order valence-corrected chi connectivity index (χ4v) is 5.69. The van der Waals surface area contributed by atoms with Gasteiger partial charge in [-0.1, -0.05) is 18.9 Å². The van der Waals surface area contributed by atoms with Crippen molar-refractivity contribution < 1.29 is 13.2 Å². The molecule has 1 N–H and O–H groups in total. The van der Waals surface area contributed by atoms with Crippen molar-refractivity contribution in [1.29, 1.82) is 0 Å². The van der Waals surface area contributed by atoms with Crippen LogP contribution in [0.5, 0.6) is 0 Å². The Morgan fingerprint density at radius 2 is 2.04 bits per heavy atom. The van der Waals surface area contributed by atoms with E-state index in [1.54, 1.807) is 11.3 Å². The number of piperidine rings is 1. The standard InChI is InChI=1S/C17H26N2O3S2/c1-24(21,22)19-10-4-8-14(12-19)17(20)18-16(13-6-2-3-7-13)15-9-5-11-23-15/h5,9,11,13-14,16H,2-4,6-8,10,12H2,1H3,(H,18,20)/t14-,16-/m0/s1. The Bertz CT molecular complexity index is 651. The fourth-order valence-electron chi connectivity index (χ4n) is 3.91. The lowest BCUT2D eigenvalue weighted by Gasteiger charge is -2.32. The van der Waals surface area contributed by atoms with Crippen LogP contribution < -0.4 is 5.32 Å². The monoisotopic (exact) mass is 370 g/mol. The molecule has 1 saturated carbocycles. The predicted octanol–water partition coefficient (Wildman–Crippen LogP) is 2.77. The number of hydrogen-bond donors (Lipinski definition) is 1. The van der Waals surface area contributed by atoms with E-state index in [0.717, 1.165) is 25.7 Å². The minimum absolute atomic E-state index is 0.00801. The van der Waals surface area contributed by atoms with E-state index in [9.17, 15) is 13.2 Å². The van der Waals surface area contributed by atoms with Gasteiger partial charge in [-0.25, -0.2) is 12.7 Å². The average molecular weight is 371 g/mol. The van der Waals surface area contributed by atoms with Crippen LogP contribution >= 0.6 is 11.3 Å². The van der Waals surface area contributed by atoms with E-state index in [1.807, 2.05) is 6.07 Å². The molecule has 7 heteroatoms. The Morgan fingerprint density at radius 3 is 2.67 bits per heavy atom. The van der Waals surface area contributed by atoms with Crippen LogP contribution in [0.3, 0.4) is 0 Å². The quantitative estimate of drug-likeness (QED) is 0.867. The molecule has 0 aromatic carbocycles. The molecule has 2 atom stereocenters. The molecule has 134 valence electrons. The van der Waals surface area contributed by atoms with Gasteiger partial charge in [-0.15, -0.1) is 11.3 Å². The molecule has 0 spiro atoms. The van der Waals surface area contributed by atoms with E-state index in [1.165, 1.54) is 28.3 Å². The number of carbonyl (C=O) groups excluding carboxylic acids is 1. The first-order valence-electron chi connectivity index (χ1n) is 8.74. The number of nitrogens with one attached hydrogen (secondary N) is 1. The zero-order valence-corrected chi connectivity index (χ0v) is 15.7. The first-order valence-corrected chi connectivity index (χ1v) is 11.5. The Kier molecular flexibility index (Phi) is 5.62. The maximum atomic E-state index is 12.8. The zero-order chi connectivity index (χ0) is 17.2. The second-order valence-electron chi connectivity index (χ2n) is 7.01.